The topological polar surface area (TPSA) is 103 Å². The zero-order chi connectivity index (χ0) is 19.1. The van der Waals surface area contributed by atoms with Gasteiger partial charge in [0, 0.05) is 15.6 Å². The molecular formula is C17H15Cl2N3O4. The number of benzene rings is 2. The molecule has 0 radical (unpaired) electrons. The molecular weight excluding hydrogens is 381 g/mol. The van der Waals surface area contributed by atoms with Crippen LogP contribution in [-0.2, 0) is 16.2 Å². The summed E-state index contributed by atoms with van der Waals surface area (Å²) in [7, 11) is 1.49. The lowest BCUT2D eigenvalue weighted by Gasteiger charge is -2.12. The number of nitrogens with zero attached hydrogens (tertiary/aromatic N) is 1. The van der Waals surface area contributed by atoms with Crippen molar-refractivity contribution in [3.05, 3.63) is 57.6 Å². The molecule has 0 bridgehead atoms. The van der Waals surface area contributed by atoms with Gasteiger partial charge in [0.25, 0.3) is 0 Å². The Balaban J connectivity index is 2.07. The summed E-state index contributed by atoms with van der Waals surface area (Å²) in [5.74, 6) is -1.17. The molecule has 2 amide bonds. The van der Waals surface area contributed by atoms with Gasteiger partial charge in [-0.15, -0.1) is 0 Å². The van der Waals surface area contributed by atoms with E-state index in [1.807, 2.05) is 5.43 Å². The van der Waals surface area contributed by atoms with Crippen LogP contribution in [0.15, 0.2) is 41.5 Å². The Morgan fingerprint density at radius 1 is 1.19 bits per heavy atom. The van der Waals surface area contributed by atoms with Crippen molar-refractivity contribution in [1.29, 1.82) is 0 Å². The first-order chi connectivity index (χ1) is 12.4. The highest BCUT2D eigenvalue weighted by atomic mass is 35.5. The van der Waals surface area contributed by atoms with E-state index in [4.69, 9.17) is 38.4 Å². The number of nitrogens with one attached hydrogen (secondary N) is 1. The summed E-state index contributed by atoms with van der Waals surface area (Å²) in [6, 6.07) is 10.2. The van der Waals surface area contributed by atoms with Crippen LogP contribution in [0.25, 0.3) is 0 Å². The number of hydrogen-bond donors (Lipinski definition) is 2. The van der Waals surface area contributed by atoms with E-state index in [9.17, 15) is 9.59 Å². The molecule has 0 spiro atoms. The standard InChI is InChI=1S/C17H15Cl2N3O4/c1-25-15-6-10(8-21-22-17(24)16(20)23)2-5-14(15)26-9-11-3-4-12(18)7-13(11)19/h2-8H,9H2,1H3,(H2,20,23)(H,22,24)/b21-8-. The van der Waals surface area contributed by atoms with Crippen LogP contribution in [0.5, 0.6) is 11.5 Å². The second kappa shape index (κ2) is 9.07. The van der Waals surface area contributed by atoms with Crippen LogP contribution in [0.1, 0.15) is 11.1 Å². The second-order valence-electron chi connectivity index (χ2n) is 5.00. The van der Waals surface area contributed by atoms with Crippen molar-refractivity contribution < 1.29 is 19.1 Å². The van der Waals surface area contributed by atoms with Gasteiger partial charge in [-0.1, -0.05) is 29.3 Å². The number of hydrazone groups is 1. The first-order valence-corrected chi connectivity index (χ1v) is 8.04. The molecule has 0 aliphatic rings. The van der Waals surface area contributed by atoms with Gasteiger partial charge in [-0.05, 0) is 35.9 Å². The molecule has 2 aromatic rings. The molecule has 3 N–H and O–H groups in total. The van der Waals surface area contributed by atoms with Crippen molar-refractivity contribution in [2.75, 3.05) is 7.11 Å². The SMILES string of the molecule is COc1cc(/C=N\NC(=O)C(N)=O)ccc1OCc1ccc(Cl)cc1Cl. The van der Waals surface area contributed by atoms with Gasteiger partial charge in [0.2, 0.25) is 0 Å². The normalized spacial score (nSPS) is 10.6. The Bertz CT molecular complexity index is 856. The number of ether oxygens (including phenoxy) is 2. The smallest absolute Gasteiger partial charge is 0.329 e. The third-order valence-electron chi connectivity index (χ3n) is 3.19. The number of amides is 2. The van der Waals surface area contributed by atoms with Gasteiger partial charge in [-0.3, -0.25) is 9.59 Å². The highest BCUT2D eigenvalue weighted by molar-refractivity contribution is 6.35. The minimum atomic E-state index is -1.12. The van der Waals surface area contributed by atoms with Crippen LogP contribution < -0.4 is 20.6 Å². The minimum absolute atomic E-state index is 0.231. The molecule has 9 heteroatoms. The van der Waals surface area contributed by atoms with Gasteiger partial charge < -0.3 is 15.2 Å². The summed E-state index contributed by atoms with van der Waals surface area (Å²) in [5, 5.41) is 4.68. The van der Waals surface area contributed by atoms with Crippen molar-refractivity contribution in [2.24, 2.45) is 10.8 Å². The van der Waals surface area contributed by atoms with Crippen molar-refractivity contribution in [3.8, 4) is 11.5 Å². The number of nitrogens with two attached hydrogens (primary N) is 1. The predicted molar refractivity (Wildman–Crippen MR) is 98.7 cm³/mol. The Hall–Kier alpha value is -2.77. The van der Waals surface area contributed by atoms with E-state index in [-0.39, 0.29) is 6.61 Å². The number of rotatable bonds is 6. The summed E-state index contributed by atoms with van der Waals surface area (Å²) in [4.78, 5) is 21.6. The number of halogens is 2. The van der Waals surface area contributed by atoms with Gasteiger partial charge in [0.1, 0.15) is 6.61 Å². The van der Waals surface area contributed by atoms with E-state index in [2.05, 4.69) is 5.10 Å². The molecule has 0 aromatic heterocycles. The molecule has 26 heavy (non-hydrogen) atoms. The molecule has 0 atom stereocenters. The zero-order valence-corrected chi connectivity index (χ0v) is 15.2. The fourth-order valence-electron chi connectivity index (χ4n) is 1.90. The molecule has 7 nitrogen and oxygen atoms in total. The summed E-state index contributed by atoms with van der Waals surface area (Å²) in [6.07, 6.45) is 1.34. The van der Waals surface area contributed by atoms with Gasteiger partial charge in [0.05, 0.1) is 13.3 Å². The van der Waals surface area contributed by atoms with Crippen LogP contribution in [-0.4, -0.2) is 25.1 Å². The molecule has 2 rings (SSSR count). The van der Waals surface area contributed by atoms with E-state index >= 15 is 0 Å². The summed E-state index contributed by atoms with van der Waals surface area (Å²) in [6.45, 7) is 0.231. The van der Waals surface area contributed by atoms with Crippen LogP contribution in [0.2, 0.25) is 10.0 Å². The van der Waals surface area contributed by atoms with Gasteiger partial charge >= 0.3 is 11.8 Å². The lowest BCUT2D eigenvalue weighted by atomic mass is 10.2. The molecule has 0 aliphatic carbocycles. The number of carbonyl (C=O) groups excluding carboxylic acids is 2. The molecule has 0 fully saturated rings. The van der Waals surface area contributed by atoms with Gasteiger partial charge in [-0.25, -0.2) is 5.43 Å². The van der Waals surface area contributed by atoms with Crippen LogP contribution in [0, 0.1) is 0 Å². The van der Waals surface area contributed by atoms with E-state index in [0.717, 1.165) is 5.56 Å². The molecule has 0 heterocycles. The number of hydrogen-bond acceptors (Lipinski definition) is 5. The highest BCUT2D eigenvalue weighted by Gasteiger charge is 2.08. The second-order valence-corrected chi connectivity index (χ2v) is 5.84. The lowest BCUT2D eigenvalue weighted by Crippen LogP contribution is -2.32. The zero-order valence-electron chi connectivity index (χ0n) is 13.7. The van der Waals surface area contributed by atoms with Crippen molar-refractivity contribution >= 4 is 41.2 Å². The predicted octanol–water partition coefficient (Wildman–Crippen LogP) is 2.52. The minimum Gasteiger partial charge on any atom is -0.493 e. The maximum absolute atomic E-state index is 11.0. The van der Waals surface area contributed by atoms with E-state index in [0.29, 0.717) is 27.1 Å². The maximum atomic E-state index is 11.0. The number of methoxy groups -OCH3 is 1. The molecule has 0 saturated carbocycles. The summed E-state index contributed by atoms with van der Waals surface area (Å²) in [5.41, 5.74) is 8.19. The largest absolute Gasteiger partial charge is 0.493 e. The van der Waals surface area contributed by atoms with Gasteiger partial charge in [-0.2, -0.15) is 5.10 Å². The number of primary amides is 1. The monoisotopic (exact) mass is 395 g/mol. The molecule has 136 valence electrons. The Morgan fingerprint density at radius 2 is 1.96 bits per heavy atom. The average molecular weight is 396 g/mol. The summed E-state index contributed by atoms with van der Waals surface area (Å²) >= 11 is 12.0. The third kappa shape index (κ3) is 5.37. The highest BCUT2D eigenvalue weighted by Crippen LogP contribution is 2.29. The van der Waals surface area contributed by atoms with Crippen molar-refractivity contribution in [2.45, 2.75) is 6.61 Å². The fraction of sp³-hybridized carbons (Fsp3) is 0.118. The quantitative estimate of drug-likeness (QED) is 0.445. The lowest BCUT2D eigenvalue weighted by molar-refractivity contribution is -0.137. The Labute approximate surface area is 159 Å². The Kier molecular flexibility index (Phi) is 6.82. The Morgan fingerprint density at radius 3 is 2.62 bits per heavy atom. The van der Waals surface area contributed by atoms with E-state index in [1.54, 1.807) is 36.4 Å². The van der Waals surface area contributed by atoms with Crippen molar-refractivity contribution in [3.63, 3.8) is 0 Å². The van der Waals surface area contributed by atoms with Crippen LogP contribution >= 0.6 is 23.2 Å². The van der Waals surface area contributed by atoms with Crippen LogP contribution in [0.3, 0.4) is 0 Å². The van der Waals surface area contributed by atoms with Gasteiger partial charge in [0.15, 0.2) is 11.5 Å². The third-order valence-corrected chi connectivity index (χ3v) is 3.78. The van der Waals surface area contributed by atoms with Crippen molar-refractivity contribution in [1.82, 2.24) is 5.43 Å². The first-order valence-electron chi connectivity index (χ1n) is 7.28. The average Bonchev–Trinajstić information content (AvgIpc) is 2.61. The molecule has 0 unspecified atom stereocenters. The van der Waals surface area contributed by atoms with E-state index in [1.165, 1.54) is 13.3 Å². The maximum Gasteiger partial charge on any atom is 0.329 e. The molecule has 2 aromatic carbocycles. The molecule has 0 aliphatic heterocycles. The van der Waals surface area contributed by atoms with E-state index < -0.39 is 11.8 Å². The fourth-order valence-corrected chi connectivity index (χ4v) is 2.36. The number of carbonyl (C=O) groups is 2. The molecule has 0 saturated heterocycles. The first kappa shape index (κ1) is 19.6. The van der Waals surface area contributed by atoms with Crippen LogP contribution in [0.4, 0.5) is 0 Å². The summed E-state index contributed by atoms with van der Waals surface area (Å²) < 4.78 is 11.0.